The molecule has 5 nitrogen and oxygen atoms in total. The molecule has 15 heavy (non-hydrogen) atoms. The topological polar surface area (TPSA) is 72.6 Å². The molecule has 0 amide bonds. The van der Waals surface area contributed by atoms with Crippen LogP contribution in [0, 0.1) is 0 Å². The minimum absolute atomic E-state index is 0.0157. The van der Waals surface area contributed by atoms with Gasteiger partial charge in [0.25, 0.3) is 0 Å². The molecule has 2 N–H and O–H groups in total. The summed E-state index contributed by atoms with van der Waals surface area (Å²) in [4.78, 5) is -0.0157. The van der Waals surface area contributed by atoms with E-state index in [1.807, 2.05) is 0 Å². The molecule has 0 aliphatic carbocycles. The molecule has 0 aromatic carbocycles. The van der Waals surface area contributed by atoms with Gasteiger partial charge in [-0.25, -0.2) is 8.42 Å². The van der Waals surface area contributed by atoms with Crippen LogP contribution in [-0.2, 0) is 14.8 Å². The van der Waals surface area contributed by atoms with Crippen molar-refractivity contribution in [1.29, 1.82) is 0 Å². The third-order valence-corrected chi connectivity index (χ3v) is 4.10. The highest BCUT2D eigenvalue weighted by molar-refractivity contribution is 7.92. The van der Waals surface area contributed by atoms with E-state index in [4.69, 9.17) is 10.5 Å². The van der Waals surface area contributed by atoms with Crippen LogP contribution in [0.4, 0.5) is 0 Å². The first-order valence-corrected chi connectivity index (χ1v) is 6.59. The van der Waals surface area contributed by atoms with Crippen LogP contribution in [0.15, 0.2) is 0 Å². The summed E-state index contributed by atoms with van der Waals surface area (Å²) in [5.41, 5.74) is 5.24. The molecule has 0 unspecified atom stereocenters. The van der Waals surface area contributed by atoms with Gasteiger partial charge in [-0.05, 0) is 13.8 Å². The van der Waals surface area contributed by atoms with Crippen LogP contribution in [0.2, 0.25) is 0 Å². The fraction of sp³-hybridized carbons (Fsp3) is 0.875. The van der Waals surface area contributed by atoms with Crippen molar-refractivity contribution >= 4 is 27.2 Å². The lowest BCUT2D eigenvalue weighted by Gasteiger charge is -2.25. The first kappa shape index (κ1) is 14.8. The van der Waals surface area contributed by atoms with Gasteiger partial charge in [-0.2, -0.15) is 4.31 Å². The molecule has 0 fully saturated rings. The second-order valence-electron chi connectivity index (χ2n) is 3.42. The van der Waals surface area contributed by atoms with E-state index in [1.165, 1.54) is 11.4 Å². The summed E-state index contributed by atoms with van der Waals surface area (Å²) in [6, 6.07) is -0.125. The van der Waals surface area contributed by atoms with Gasteiger partial charge in [-0.15, -0.1) is 0 Å². The Balaban J connectivity index is 4.67. The van der Waals surface area contributed by atoms with E-state index in [0.717, 1.165) is 0 Å². The minimum atomic E-state index is -3.41. The highest BCUT2D eigenvalue weighted by Crippen LogP contribution is 2.07. The maximum Gasteiger partial charge on any atom is 0.220 e. The molecule has 0 aromatic heterocycles. The Bertz CT molecular complexity index is 301. The van der Waals surface area contributed by atoms with E-state index in [-0.39, 0.29) is 16.8 Å². The molecule has 0 aliphatic heterocycles. The molecule has 90 valence electrons. The van der Waals surface area contributed by atoms with Crippen LogP contribution >= 0.6 is 12.2 Å². The van der Waals surface area contributed by atoms with E-state index in [1.54, 1.807) is 13.8 Å². The Labute approximate surface area is 96.6 Å². The van der Waals surface area contributed by atoms with Gasteiger partial charge in [-0.3, -0.25) is 0 Å². The Kier molecular flexibility index (Phi) is 6.26. The maximum atomic E-state index is 11.8. The summed E-state index contributed by atoms with van der Waals surface area (Å²) in [5, 5.41) is 0. The predicted molar refractivity (Wildman–Crippen MR) is 64.3 cm³/mol. The number of thiocarbonyl (C=S) groups is 1. The minimum Gasteiger partial charge on any atom is -0.392 e. The molecule has 0 aliphatic rings. The second-order valence-corrected chi connectivity index (χ2v) is 5.87. The molecule has 0 radical (unpaired) electrons. The molecule has 0 spiro atoms. The van der Waals surface area contributed by atoms with E-state index in [0.29, 0.717) is 13.2 Å². The normalized spacial score (nSPS) is 12.3. The van der Waals surface area contributed by atoms with Crippen LogP contribution in [0.1, 0.15) is 13.8 Å². The lowest BCUT2D eigenvalue weighted by atomic mass is 10.4. The van der Waals surface area contributed by atoms with Gasteiger partial charge in [0.2, 0.25) is 10.0 Å². The van der Waals surface area contributed by atoms with Gasteiger partial charge in [0.1, 0.15) is 5.75 Å². The smallest absolute Gasteiger partial charge is 0.220 e. The summed E-state index contributed by atoms with van der Waals surface area (Å²) in [5.74, 6) is -0.287. The largest absolute Gasteiger partial charge is 0.392 e. The van der Waals surface area contributed by atoms with Crippen molar-refractivity contribution < 1.29 is 13.2 Å². The summed E-state index contributed by atoms with van der Waals surface area (Å²) in [6.45, 7) is 4.27. The molecule has 0 bridgehead atoms. The molecule has 0 rings (SSSR count). The van der Waals surface area contributed by atoms with Crippen molar-refractivity contribution in [2.45, 2.75) is 19.9 Å². The van der Waals surface area contributed by atoms with Gasteiger partial charge >= 0.3 is 0 Å². The molecule has 7 heteroatoms. The van der Waals surface area contributed by atoms with Crippen molar-refractivity contribution in [1.82, 2.24) is 4.31 Å². The fourth-order valence-electron chi connectivity index (χ4n) is 1.16. The zero-order valence-electron chi connectivity index (χ0n) is 9.26. The third-order valence-electron chi connectivity index (χ3n) is 1.77. The van der Waals surface area contributed by atoms with E-state index in [9.17, 15) is 8.42 Å². The maximum absolute atomic E-state index is 11.8. The monoisotopic (exact) mass is 254 g/mol. The summed E-state index contributed by atoms with van der Waals surface area (Å²) in [6.07, 6.45) is 0. The number of hydrogen-bond donors (Lipinski definition) is 1. The highest BCUT2D eigenvalue weighted by Gasteiger charge is 2.24. The number of methoxy groups -OCH3 is 1. The predicted octanol–water partition coefficient (Wildman–Crippen LogP) is -0.0409. The summed E-state index contributed by atoms with van der Waals surface area (Å²) >= 11 is 4.60. The zero-order valence-corrected chi connectivity index (χ0v) is 10.9. The first-order chi connectivity index (χ1) is 6.81. The number of hydrogen-bond acceptors (Lipinski definition) is 4. The van der Waals surface area contributed by atoms with Crippen LogP contribution in [0.25, 0.3) is 0 Å². The zero-order chi connectivity index (χ0) is 12.1. The number of nitrogens with two attached hydrogens (primary N) is 1. The van der Waals surface area contributed by atoms with Crippen molar-refractivity contribution in [2.75, 3.05) is 26.0 Å². The van der Waals surface area contributed by atoms with Gasteiger partial charge in [0.15, 0.2) is 0 Å². The first-order valence-electron chi connectivity index (χ1n) is 4.58. The Hall–Kier alpha value is -0.240. The highest BCUT2D eigenvalue weighted by atomic mass is 32.2. The summed E-state index contributed by atoms with van der Waals surface area (Å²) in [7, 11) is -1.88. The standard InChI is InChI=1S/C8H18N2O3S2/c1-7(2)10(4-5-13-3)15(11,12)6-8(9)14/h7H,4-6H2,1-3H3,(H2,9,14). The molecule has 0 saturated heterocycles. The average molecular weight is 254 g/mol. The van der Waals surface area contributed by atoms with E-state index < -0.39 is 10.0 Å². The SMILES string of the molecule is COCCN(C(C)C)S(=O)(=O)CC(N)=S. The van der Waals surface area contributed by atoms with Crippen molar-refractivity contribution in [3.05, 3.63) is 0 Å². The number of nitrogens with zero attached hydrogens (tertiary/aromatic N) is 1. The van der Waals surface area contributed by atoms with Gasteiger partial charge < -0.3 is 10.5 Å². The molecular formula is C8H18N2O3S2. The van der Waals surface area contributed by atoms with Crippen LogP contribution in [0.3, 0.4) is 0 Å². The average Bonchev–Trinajstić information content (AvgIpc) is 2.00. The van der Waals surface area contributed by atoms with Gasteiger partial charge in [0, 0.05) is 19.7 Å². The van der Waals surface area contributed by atoms with Crippen molar-refractivity contribution in [2.24, 2.45) is 5.73 Å². The van der Waals surface area contributed by atoms with Crippen LogP contribution in [0.5, 0.6) is 0 Å². The van der Waals surface area contributed by atoms with Crippen molar-refractivity contribution in [3.63, 3.8) is 0 Å². The lowest BCUT2D eigenvalue weighted by molar-refractivity contribution is 0.171. The third kappa shape index (κ3) is 5.41. The lowest BCUT2D eigenvalue weighted by Crippen LogP contribution is -2.42. The number of sulfonamides is 1. The van der Waals surface area contributed by atoms with E-state index >= 15 is 0 Å². The van der Waals surface area contributed by atoms with Crippen molar-refractivity contribution in [3.8, 4) is 0 Å². The van der Waals surface area contributed by atoms with E-state index in [2.05, 4.69) is 12.2 Å². The molecule has 0 aromatic rings. The number of ether oxygens (including phenoxy) is 1. The molecule has 0 atom stereocenters. The van der Waals surface area contributed by atoms with Gasteiger partial charge in [0.05, 0.1) is 11.6 Å². The van der Waals surface area contributed by atoms with Crippen LogP contribution < -0.4 is 5.73 Å². The second kappa shape index (κ2) is 6.37. The number of rotatable bonds is 7. The van der Waals surface area contributed by atoms with Gasteiger partial charge in [-0.1, -0.05) is 12.2 Å². The Morgan fingerprint density at radius 3 is 2.40 bits per heavy atom. The molecule has 0 saturated carbocycles. The molecular weight excluding hydrogens is 236 g/mol. The fourth-order valence-corrected chi connectivity index (χ4v) is 3.13. The van der Waals surface area contributed by atoms with Crippen LogP contribution in [-0.4, -0.2) is 49.8 Å². The quantitative estimate of drug-likeness (QED) is 0.645. The Morgan fingerprint density at radius 1 is 1.53 bits per heavy atom. The molecule has 0 heterocycles. The Morgan fingerprint density at radius 2 is 2.07 bits per heavy atom. The summed E-state index contributed by atoms with van der Waals surface area (Å²) < 4.78 is 29.8.